The minimum absolute atomic E-state index is 0.00924. The first-order chi connectivity index (χ1) is 13.4. The molecular weight excluding hydrogens is 365 g/mol. The molecule has 3 amide bonds. The molecule has 2 aromatic rings. The Balaban J connectivity index is 1.86. The number of halogens is 1. The van der Waals surface area contributed by atoms with Crippen LogP contribution in [-0.4, -0.2) is 39.2 Å². The van der Waals surface area contributed by atoms with E-state index in [1.807, 2.05) is 32.2 Å². The number of para-hydroxylation sites is 1. The predicted molar refractivity (Wildman–Crippen MR) is 103 cm³/mol. The van der Waals surface area contributed by atoms with Crippen molar-refractivity contribution in [3.05, 3.63) is 53.8 Å². The van der Waals surface area contributed by atoms with Crippen molar-refractivity contribution in [2.45, 2.75) is 13.5 Å². The molecule has 1 atom stereocenters. The van der Waals surface area contributed by atoms with E-state index in [0.717, 1.165) is 10.5 Å². The van der Waals surface area contributed by atoms with E-state index in [1.165, 1.54) is 18.2 Å². The van der Waals surface area contributed by atoms with Gasteiger partial charge in [0.2, 0.25) is 0 Å². The van der Waals surface area contributed by atoms with Crippen molar-refractivity contribution < 1.29 is 28.4 Å². The van der Waals surface area contributed by atoms with E-state index in [-0.39, 0.29) is 12.2 Å². The second-order valence-corrected chi connectivity index (χ2v) is 6.21. The highest BCUT2D eigenvalue weighted by Gasteiger charge is 2.15. The fourth-order valence-electron chi connectivity index (χ4n) is 2.67. The summed E-state index contributed by atoms with van der Waals surface area (Å²) < 4.78 is 24.3. The number of amides is 3. The average molecular weight is 390 g/mol. The number of imide groups is 1. The predicted octanol–water partition coefficient (Wildman–Crippen LogP) is 1.60. The molecule has 0 heterocycles. The van der Waals surface area contributed by atoms with E-state index in [9.17, 15) is 14.0 Å². The van der Waals surface area contributed by atoms with Gasteiger partial charge in [0, 0.05) is 5.56 Å². The minimum Gasteiger partial charge on any atom is -0.493 e. The molecule has 0 bridgehead atoms. The molecule has 0 aliphatic carbocycles. The Bertz CT molecular complexity index is 829. The fourth-order valence-corrected chi connectivity index (χ4v) is 2.67. The molecule has 0 aliphatic heterocycles. The zero-order valence-electron chi connectivity index (χ0n) is 16.2. The van der Waals surface area contributed by atoms with Gasteiger partial charge in [-0.2, -0.15) is 0 Å². The summed E-state index contributed by atoms with van der Waals surface area (Å²) in [5.41, 5.74) is 0.969. The van der Waals surface area contributed by atoms with Gasteiger partial charge in [-0.3, -0.25) is 10.1 Å². The second-order valence-electron chi connectivity index (χ2n) is 6.21. The molecule has 0 fully saturated rings. The van der Waals surface area contributed by atoms with Gasteiger partial charge in [0.25, 0.3) is 5.91 Å². The molecule has 1 unspecified atom stereocenters. The van der Waals surface area contributed by atoms with Gasteiger partial charge >= 0.3 is 6.03 Å². The van der Waals surface area contributed by atoms with Gasteiger partial charge in [0.05, 0.1) is 26.5 Å². The van der Waals surface area contributed by atoms with Gasteiger partial charge in [0.15, 0.2) is 18.0 Å². The van der Waals surface area contributed by atoms with Crippen LogP contribution in [0.1, 0.15) is 12.5 Å². The highest BCUT2D eigenvalue weighted by Crippen LogP contribution is 2.27. The van der Waals surface area contributed by atoms with Gasteiger partial charge < -0.3 is 19.7 Å². The van der Waals surface area contributed by atoms with Gasteiger partial charge in [0.1, 0.15) is 12.4 Å². The quantitative estimate of drug-likeness (QED) is 0.640. The molecule has 0 aliphatic rings. The summed E-state index contributed by atoms with van der Waals surface area (Å²) >= 11 is 0. The van der Waals surface area contributed by atoms with Gasteiger partial charge in [-0.15, -0.1) is 0 Å². The van der Waals surface area contributed by atoms with Crippen molar-refractivity contribution in [1.29, 1.82) is 0 Å². The molecule has 0 aromatic heterocycles. The molecule has 2 aromatic carbocycles. The van der Waals surface area contributed by atoms with Crippen LogP contribution in [0.5, 0.6) is 11.5 Å². The van der Waals surface area contributed by atoms with Crippen LogP contribution in [0.15, 0.2) is 42.5 Å². The lowest BCUT2D eigenvalue weighted by molar-refractivity contribution is -0.885. The molecule has 3 N–H and O–H groups in total. The van der Waals surface area contributed by atoms with Crippen LogP contribution in [0.25, 0.3) is 0 Å². The number of carbonyl (C=O) groups excluding carboxylic acids is 2. The van der Waals surface area contributed by atoms with E-state index < -0.39 is 17.8 Å². The maximum atomic E-state index is 13.5. The van der Waals surface area contributed by atoms with Gasteiger partial charge in [-0.1, -0.05) is 12.1 Å². The molecule has 0 radical (unpaired) electrons. The van der Waals surface area contributed by atoms with E-state index in [2.05, 4.69) is 10.6 Å². The summed E-state index contributed by atoms with van der Waals surface area (Å²) in [5, 5.41) is 4.51. The van der Waals surface area contributed by atoms with Crippen LogP contribution < -0.4 is 25.0 Å². The summed E-state index contributed by atoms with van der Waals surface area (Å²) in [6.45, 7) is 3.05. The third-order valence-electron chi connectivity index (χ3n) is 3.87. The smallest absolute Gasteiger partial charge is 0.326 e. The molecular formula is C20H25FN3O4+. The van der Waals surface area contributed by atoms with E-state index in [4.69, 9.17) is 9.47 Å². The normalized spacial score (nSPS) is 11.4. The van der Waals surface area contributed by atoms with E-state index in [0.29, 0.717) is 24.7 Å². The van der Waals surface area contributed by atoms with Crippen LogP contribution >= 0.6 is 0 Å². The summed E-state index contributed by atoms with van der Waals surface area (Å²) in [7, 11) is 3.40. The first kappa shape index (κ1) is 21.2. The van der Waals surface area contributed by atoms with E-state index >= 15 is 0 Å². The largest absolute Gasteiger partial charge is 0.493 e. The van der Waals surface area contributed by atoms with Crippen LogP contribution in [0.2, 0.25) is 0 Å². The zero-order chi connectivity index (χ0) is 20.5. The molecule has 8 heteroatoms. The molecule has 28 heavy (non-hydrogen) atoms. The monoisotopic (exact) mass is 390 g/mol. The maximum Gasteiger partial charge on any atom is 0.326 e. The van der Waals surface area contributed by atoms with E-state index in [1.54, 1.807) is 13.2 Å². The van der Waals surface area contributed by atoms with Gasteiger partial charge in [-0.05, 0) is 37.3 Å². The number of urea groups is 1. The van der Waals surface area contributed by atoms with Crippen LogP contribution in [0.4, 0.5) is 14.9 Å². The maximum absolute atomic E-state index is 13.5. The number of hydrogen-bond donors (Lipinski definition) is 3. The Morgan fingerprint density at radius 2 is 1.89 bits per heavy atom. The van der Waals surface area contributed by atoms with Crippen molar-refractivity contribution in [3.8, 4) is 11.5 Å². The summed E-state index contributed by atoms with van der Waals surface area (Å²) in [6, 6.07) is 10.5. The number of likely N-dealkylation sites (N-methyl/N-ethyl adjacent to an activating group) is 1. The molecule has 150 valence electrons. The second kappa shape index (κ2) is 10.3. The van der Waals surface area contributed by atoms with Crippen molar-refractivity contribution in [2.75, 3.05) is 32.6 Å². The number of nitrogens with one attached hydrogen (secondary N) is 3. The summed E-state index contributed by atoms with van der Waals surface area (Å²) in [5.74, 6) is 0.247. The third-order valence-corrected chi connectivity index (χ3v) is 3.87. The lowest BCUT2D eigenvalue weighted by atomic mass is 10.2. The molecule has 2 rings (SSSR count). The number of ether oxygens (including phenoxy) is 2. The number of rotatable bonds is 8. The lowest BCUT2D eigenvalue weighted by Gasteiger charge is -2.15. The fraction of sp³-hybridized carbons (Fsp3) is 0.300. The first-order valence-electron chi connectivity index (χ1n) is 8.89. The Morgan fingerprint density at radius 1 is 1.14 bits per heavy atom. The third kappa shape index (κ3) is 6.24. The van der Waals surface area contributed by atoms with Gasteiger partial charge in [-0.25, -0.2) is 9.18 Å². The molecule has 0 spiro atoms. The SMILES string of the molecule is CCOc1ccc(C[NH+](C)CC(=O)NC(=O)Nc2ccccc2F)cc1OC. The Kier molecular flexibility index (Phi) is 7.76. The highest BCUT2D eigenvalue weighted by atomic mass is 19.1. The number of benzene rings is 2. The minimum atomic E-state index is -0.773. The Morgan fingerprint density at radius 3 is 2.57 bits per heavy atom. The molecule has 0 saturated carbocycles. The standard InChI is InChI=1S/C20H24FN3O4/c1-4-28-17-10-9-14(11-18(17)27-3)12-24(2)13-19(25)23-20(26)22-16-8-6-5-7-15(16)21/h5-11H,4,12-13H2,1-3H3,(H2,22,23,25,26)/p+1. The van der Waals surface area contributed by atoms with Crippen molar-refractivity contribution in [3.63, 3.8) is 0 Å². The Hall–Kier alpha value is -3.13. The van der Waals surface area contributed by atoms with Crippen molar-refractivity contribution >= 4 is 17.6 Å². The molecule has 0 saturated heterocycles. The van der Waals surface area contributed by atoms with Crippen molar-refractivity contribution in [1.82, 2.24) is 5.32 Å². The lowest BCUT2D eigenvalue weighted by Crippen LogP contribution is -3.09. The number of hydrogen-bond acceptors (Lipinski definition) is 4. The first-order valence-corrected chi connectivity index (χ1v) is 8.89. The summed E-state index contributed by atoms with van der Waals surface area (Å²) in [4.78, 5) is 24.8. The summed E-state index contributed by atoms with van der Waals surface area (Å²) in [6.07, 6.45) is 0. The average Bonchev–Trinajstić information content (AvgIpc) is 2.64. The number of carbonyl (C=O) groups is 2. The number of quaternary nitrogens is 1. The highest BCUT2D eigenvalue weighted by molar-refractivity contribution is 6.01. The number of methoxy groups -OCH3 is 1. The van der Waals surface area contributed by atoms with Crippen LogP contribution in [-0.2, 0) is 11.3 Å². The Labute approximate surface area is 163 Å². The molecule has 7 nitrogen and oxygen atoms in total. The van der Waals surface area contributed by atoms with Crippen LogP contribution in [0, 0.1) is 5.82 Å². The van der Waals surface area contributed by atoms with Crippen molar-refractivity contribution in [2.24, 2.45) is 0 Å². The van der Waals surface area contributed by atoms with Crippen LogP contribution in [0.3, 0.4) is 0 Å². The number of anilines is 1. The zero-order valence-corrected chi connectivity index (χ0v) is 16.2. The topological polar surface area (TPSA) is 81.1 Å².